The first kappa shape index (κ1) is 19.4. The summed E-state index contributed by atoms with van der Waals surface area (Å²) in [6.07, 6.45) is 1.96. The Labute approximate surface area is 138 Å². The highest BCUT2D eigenvalue weighted by atomic mass is 32.2. The Bertz CT molecular complexity index is 614. The number of carbonyl (C=O) groups is 1. The van der Waals surface area contributed by atoms with Crippen molar-refractivity contribution >= 4 is 15.9 Å². The third-order valence-electron chi connectivity index (χ3n) is 3.37. The van der Waals surface area contributed by atoms with E-state index in [2.05, 4.69) is 19.2 Å². The van der Waals surface area contributed by atoms with E-state index in [9.17, 15) is 13.2 Å². The molecule has 0 fully saturated rings. The van der Waals surface area contributed by atoms with E-state index in [1.165, 1.54) is 7.11 Å². The van der Waals surface area contributed by atoms with Gasteiger partial charge in [-0.3, -0.25) is 4.79 Å². The first-order chi connectivity index (χ1) is 10.7. The first-order valence-corrected chi connectivity index (χ1v) is 9.42. The third-order valence-corrected chi connectivity index (χ3v) is 4.57. The summed E-state index contributed by atoms with van der Waals surface area (Å²) in [6.45, 7) is 4.57. The Kier molecular flexibility index (Phi) is 7.51. The zero-order valence-electron chi connectivity index (χ0n) is 14.2. The van der Waals surface area contributed by atoms with E-state index in [-0.39, 0.29) is 19.0 Å². The van der Waals surface area contributed by atoms with Gasteiger partial charge >= 0.3 is 0 Å². The van der Waals surface area contributed by atoms with E-state index < -0.39 is 10.0 Å². The zero-order valence-corrected chi connectivity index (χ0v) is 15.0. The Morgan fingerprint density at radius 2 is 1.96 bits per heavy atom. The van der Waals surface area contributed by atoms with Gasteiger partial charge in [0.2, 0.25) is 15.9 Å². The molecule has 0 aliphatic heterocycles. The summed E-state index contributed by atoms with van der Waals surface area (Å²) in [4.78, 5) is 12.0. The molecule has 23 heavy (non-hydrogen) atoms. The van der Waals surface area contributed by atoms with Crippen LogP contribution in [0.25, 0.3) is 0 Å². The van der Waals surface area contributed by atoms with E-state index in [0.717, 1.165) is 22.5 Å². The average molecular weight is 342 g/mol. The second kappa shape index (κ2) is 8.88. The summed E-state index contributed by atoms with van der Waals surface area (Å²) in [5.74, 6) is 0.780. The van der Waals surface area contributed by atoms with Crippen molar-refractivity contribution in [1.29, 1.82) is 0 Å². The number of hydrogen-bond donors (Lipinski definition) is 1. The maximum atomic E-state index is 12.0. The van der Waals surface area contributed by atoms with E-state index in [1.54, 1.807) is 18.2 Å². The predicted molar refractivity (Wildman–Crippen MR) is 90.7 cm³/mol. The van der Waals surface area contributed by atoms with Crippen LogP contribution in [0, 0.1) is 5.92 Å². The highest BCUT2D eigenvalue weighted by molar-refractivity contribution is 7.88. The summed E-state index contributed by atoms with van der Waals surface area (Å²) in [5.41, 5.74) is 0.718. The molecule has 130 valence electrons. The van der Waals surface area contributed by atoms with Gasteiger partial charge in [-0.1, -0.05) is 32.0 Å². The van der Waals surface area contributed by atoms with E-state index in [0.29, 0.717) is 18.2 Å². The maximum Gasteiger partial charge on any atom is 0.235 e. The molecular weight excluding hydrogens is 316 g/mol. The fourth-order valence-corrected chi connectivity index (χ4v) is 2.76. The monoisotopic (exact) mass is 342 g/mol. The molecule has 1 rings (SSSR count). The lowest BCUT2D eigenvalue weighted by atomic mass is 10.1. The van der Waals surface area contributed by atoms with Crippen LogP contribution in [0.2, 0.25) is 0 Å². The Morgan fingerprint density at radius 3 is 2.52 bits per heavy atom. The van der Waals surface area contributed by atoms with Crippen molar-refractivity contribution < 1.29 is 17.9 Å². The van der Waals surface area contributed by atoms with Gasteiger partial charge in [0.25, 0.3) is 0 Å². The van der Waals surface area contributed by atoms with Crippen LogP contribution in [0.15, 0.2) is 24.3 Å². The van der Waals surface area contributed by atoms with Gasteiger partial charge in [-0.15, -0.1) is 0 Å². The maximum absolute atomic E-state index is 12.0. The number of carbonyl (C=O) groups excluding carboxylic acids is 1. The topological polar surface area (TPSA) is 75.7 Å². The van der Waals surface area contributed by atoms with Gasteiger partial charge in [0.1, 0.15) is 5.75 Å². The molecular formula is C16H26N2O4S. The molecule has 0 bridgehead atoms. The number of benzene rings is 1. The number of methoxy groups -OCH3 is 1. The summed E-state index contributed by atoms with van der Waals surface area (Å²) in [7, 11) is -1.98. The largest absolute Gasteiger partial charge is 0.496 e. The summed E-state index contributed by atoms with van der Waals surface area (Å²) in [5, 5.41) is 2.75. The standard InChI is InChI=1S/C16H26N2O4S/c1-13(2)9-10-17-16(19)12-18(23(4,20)21)11-14-7-5-6-8-15(14)22-3/h5-8,13H,9-12H2,1-4H3,(H,17,19). The minimum absolute atomic E-state index is 0.0977. The van der Waals surface area contributed by atoms with Crippen molar-refractivity contribution in [3.63, 3.8) is 0 Å². The number of nitrogens with zero attached hydrogens (tertiary/aromatic N) is 1. The molecule has 0 aromatic heterocycles. The average Bonchev–Trinajstić information content (AvgIpc) is 2.45. The lowest BCUT2D eigenvalue weighted by molar-refractivity contribution is -0.121. The molecule has 0 atom stereocenters. The molecule has 0 heterocycles. The molecule has 1 N–H and O–H groups in total. The summed E-state index contributed by atoms with van der Waals surface area (Å²) < 4.78 is 30.3. The molecule has 1 amide bonds. The molecule has 0 radical (unpaired) electrons. The Balaban J connectivity index is 2.76. The van der Waals surface area contributed by atoms with Crippen LogP contribution in [-0.2, 0) is 21.4 Å². The minimum atomic E-state index is -3.51. The van der Waals surface area contributed by atoms with Crippen molar-refractivity contribution in [3.8, 4) is 5.75 Å². The summed E-state index contributed by atoms with van der Waals surface area (Å²) >= 11 is 0. The number of ether oxygens (including phenoxy) is 1. The number of amides is 1. The molecule has 0 saturated heterocycles. The molecule has 0 unspecified atom stereocenters. The minimum Gasteiger partial charge on any atom is -0.496 e. The summed E-state index contributed by atoms with van der Waals surface area (Å²) in [6, 6.07) is 7.17. The lowest BCUT2D eigenvalue weighted by Gasteiger charge is -2.21. The van der Waals surface area contributed by atoms with E-state index >= 15 is 0 Å². The molecule has 0 aliphatic carbocycles. The molecule has 0 saturated carbocycles. The number of para-hydroxylation sites is 1. The van der Waals surface area contributed by atoms with Crippen LogP contribution >= 0.6 is 0 Å². The fourth-order valence-electron chi connectivity index (χ4n) is 2.03. The SMILES string of the molecule is COc1ccccc1CN(CC(=O)NCCC(C)C)S(C)(=O)=O. The normalized spacial score (nSPS) is 11.7. The number of hydrogen-bond acceptors (Lipinski definition) is 4. The van der Waals surface area contributed by atoms with E-state index in [4.69, 9.17) is 4.74 Å². The highest BCUT2D eigenvalue weighted by Crippen LogP contribution is 2.20. The number of rotatable bonds is 9. The van der Waals surface area contributed by atoms with Crippen LogP contribution in [0.3, 0.4) is 0 Å². The van der Waals surface area contributed by atoms with Gasteiger partial charge in [-0.25, -0.2) is 8.42 Å². The van der Waals surface area contributed by atoms with Crippen molar-refractivity contribution in [3.05, 3.63) is 29.8 Å². The second-order valence-electron chi connectivity index (χ2n) is 5.88. The number of sulfonamides is 1. The Hall–Kier alpha value is -1.60. The molecule has 0 aliphatic rings. The van der Waals surface area contributed by atoms with Crippen molar-refractivity contribution in [2.45, 2.75) is 26.8 Å². The quantitative estimate of drug-likeness (QED) is 0.740. The lowest BCUT2D eigenvalue weighted by Crippen LogP contribution is -2.40. The van der Waals surface area contributed by atoms with E-state index in [1.807, 2.05) is 6.07 Å². The van der Waals surface area contributed by atoms with Crippen LogP contribution in [0.5, 0.6) is 5.75 Å². The molecule has 6 nitrogen and oxygen atoms in total. The van der Waals surface area contributed by atoms with Crippen LogP contribution in [0.1, 0.15) is 25.8 Å². The van der Waals surface area contributed by atoms with Crippen molar-refractivity contribution in [2.75, 3.05) is 26.5 Å². The zero-order chi connectivity index (χ0) is 17.5. The van der Waals surface area contributed by atoms with Gasteiger partial charge < -0.3 is 10.1 Å². The van der Waals surface area contributed by atoms with Crippen molar-refractivity contribution in [2.24, 2.45) is 5.92 Å². The van der Waals surface area contributed by atoms with Crippen LogP contribution in [0.4, 0.5) is 0 Å². The van der Waals surface area contributed by atoms with Gasteiger partial charge in [0.15, 0.2) is 0 Å². The molecule has 1 aromatic carbocycles. The van der Waals surface area contributed by atoms with Crippen molar-refractivity contribution in [1.82, 2.24) is 9.62 Å². The van der Waals surface area contributed by atoms with Gasteiger partial charge in [0.05, 0.1) is 19.9 Å². The van der Waals surface area contributed by atoms with Gasteiger partial charge in [0, 0.05) is 18.7 Å². The molecule has 7 heteroatoms. The smallest absolute Gasteiger partial charge is 0.235 e. The third kappa shape index (κ3) is 7.00. The second-order valence-corrected chi connectivity index (χ2v) is 7.86. The van der Waals surface area contributed by atoms with Gasteiger partial charge in [-0.2, -0.15) is 4.31 Å². The molecule has 1 aromatic rings. The highest BCUT2D eigenvalue weighted by Gasteiger charge is 2.21. The Morgan fingerprint density at radius 1 is 1.30 bits per heavy atom. The fraction of sp³-hybridized carbons (Fsp3) is 0.562. The number of nitrogens with one attached hydrogen (secondary N) is 1. The van der Waals surface area contributed by atoms with Gasteiger partial charge in [-0.05, 0) is 18.4 Å². The predicted octanol–water partition coefficient (Wildman–Crippen LogP) is 1.62. The first-order valence-electron chi connectivity index (χ1n) is 7.57. The van der Waals surface area contributed by atoms with Crippen LogP contribution < -0.4 is 10.1 Å². The van der Waals surface area contributed by atoms with Crippen LogP contribution in [-0.4, -0.2) is 45.1 Å². The molecule has 0 spiro atoms.